The topological polar surface area (TPSA) is 250 Å². The van der Waals surface area contributed by atoms with Crippen LogP contribution in [0.4, 0.5) is 9.59 Å². The van der Waals surface area contributed by atoms with Crippen LogP contribution < -0.4 is 21.7 Å². The highest BCUT2D eigenvalue weighted by Crippen LogP contribution is 2.32. The van der Waals surface area contributed by atoms with Gasteiger partial charge in [-0.1, -0.05) is 111 Å². The van der Waals surface area contributed by atoms with E-state index in [-0.39, 0.29) is 60.1 Å². The Morgan fingerprint density at radius 3 is 1.23 bits per heavy atom. The molecular formula is C61H97IN8O11. The molecule has 20 heteroatoms. The Kier molecular flexibility index (Phi) is 29.2. The Hall–Kier alpha value is -5.51. The number of carboxylic acids is 1. The van der Waals surface area contributed by atoms with Gasteiger partial charge in [-0.2, -0.15) is 0 Å². The summed E-state index contributed by atoms with van der Waals surface area (Å²) in [7, 11) is 0. The first-order valence-corrected chi connectivity index (χ1v) is 30.4. The van der Waals surface area contributed by atoms with Crippen LogP contribution in [-0.2, 0) is 38.2 Å². The second-order valence-corrected chi connectivity index (χ2v) is 24.1. The van der Waals surface area contributed by atoms with Gasteiger partial charge in [-0.05, 0) is 127 Å². The van der Waals surface area contributed by atoms with Gasteiger partial charge in [0.15, 0.2) is 0 Å². The van der Waals surface area contributed by atoms with Crippen molar-refractivity contribution in [1.29, 1.82) is 0 Å². The molecule has 6 N–H and O–H groups in total. The average Bonchev–Trinajstić information content (AvgIpc) is 3.51. The molecule has 2 aromatic carbocycles. The van der Waals surface area contributed by atoms with Crippen LogP contribution >= 0.6 is 22.6 Å². The number of carbonyl (C=O) groups excluding carboxylic acids is 7. The van der Waals surface area contributed by atoms with Gasteiger partial charge in [0.25, 0.3) is 0 Å². The summed E-state index contributed by atoms with van der Waals surface area (Å²) >= 11 is 1.96. The van der Waals surface area contributed by atoms with Crippen LogP contribution in [0.1, 0.15) is 158 Å². The van der Waals surface area contributed by atoms with E-state index in [1.165, 1.54) is 0 Å². The number of ether oxygens (including phenoxy) is 2. The van der Waals surface area contributed by atoms with Crippen LogP contribution in [0, 0.1) is 35.5 Å². The monoisotopic (exact) mass is 1250 g/mol. The third-order valence-electron chi connectivity index (χ3n) is 14.7. The Morgan fingerprint density at radius 1 is 0.580 bits per heavy atom. The molecule has 2 unspecified atom stereocenters. The number of hydrogen-bond donors (Lipinski definition) is 5. The molecule has 2 aromatic rings. The number of carboxylic acid groups (broad SMARTS) is 1. The minimum absolute atomic E-state index is 0.0183. The highest BCUT2D eigenvalue weighted by atomic mass is 127. The third kappa shape index (κ3) is 25.7. The fourth-order valence-electron chi connectivity index (χ4n) is 10.3. The quantitative estimate of drug-likeness (QED) is 0.0829. The third-order valence-corrected chi connectivity index (χ3v) is 14.7. The van der Waals surface area contributed by atoms with Gasteiger partial charge in [0.1, 0.15) is 11.2 Å². The maximum atomic E-state index is 13.1. The van der Waals surface area contributed by atoms with Crippen LogP contribution in [0.3, 0.4) is 0 Å². The number of aliphatic carboxylic acids is 1. The molecule has 4 fully saturated rings. The van der Waals surface area contributed by atoms with Crippen molar-refractivity contribution in [3.8, 4) is 0 Å². The lowest BCUT2D eigenvalue weighted by Crippen LogP contribution is -2.53. The van der Waals surface area contributed by atoms with E-state index in [2.05, 4.69) is 16.0 Å². The van der Waals surface area contributed by atoms with Gasteiger partial charge in [0.2, 0.25) is 29.5 Å². The maximum absolute atomic E-state index is 13.1. The molecule has 0 aromatic heterocycles. The molecule has 2 heterocycles. The van der Waals surface area contributed by atoms with E-state index in [1.54, 1.807) is 65.8 Å². The summed E-state index contributed by atoms with van der Waals surface area (Å²) in [4.78, 5) is 106. The van der Waals surface area contributed by atoms with E-state index in [0.29, 0.717) is 81.6 Å². The Labute approximate surface area is 497 Å². The molecule has 4 aliphatic rings. The van der Waals surface area contributed by atoms with Crippen molar-refractivity contribution in [1.82, 2.24) is 35.6 Å². The van der Waals surface area contributed by atoms with E-state index >= 15 is 0 Å². The number of carbonyl (C=O) groups is 8. The SMILES string of the molecule is CC(C)(C)OC(=O)NC(CC(=O)O)c1ccccc1.CC(C)C(=O)N1CCN(C(=O)C2CCC(CN)CC2)CC1.CC(C)C(=O)N1CCN(C(=O)C2CCC(CNC(=O)CC(NC(=O)OC(C)(C)C)c3ccccc3)CC2)CC1.[2H]CI. The molecule has 81 heavy (non-hydrogen) atoms. The maximum Gasteiger partial charge on any atom is 0.408 e. The number of alkyl halides is 1. The van der Waals surface area contributed by atoms with Crippen LogP contribution in [-0.4, -0.2) is 154 Å². The minimum Gasteiger partial charge on any atom is -0.481 e. The van der Waals surface area contributed by atoms with Crippen LogP contribution in [0.25, 0.3) is 0 Å². The molecule has 7 amide bonds. The van der Waals surface area contributed by atoms with Crippen molar-refractivity contribution in [2.75, 3.05) is 70.4 Å². The van der Waals surface area contributed by atoms with E-state index in [4.69, 9.17) is 21.7 Å². The second kappa shape index (κ2) is 34.8. The molecule has 454 valence electrons. The predicted octanol–water partition coefficient (Wildman–Crippen LogP) is 8.75. The van der Waals surface area contributed by atoms with Gasteiger partial charge >= 0.3 is 18.2 Å². The van der Waals surface area contributed by atoms with Crippen LogP contribution in [0.15, 0.2) is 60.7 Å². The first-order chi connectivity index (χ1) is 38.6. The lowest BCUT2D eigenvalue weighted by atomic mass is 9.81. The number of nitrogens with two attached hydrogens (primary N) is 1. The first-order valence-electron chi connectivity index (χ1n) is 29.6. The van der Waals surface area contributed by atoms with Gasteiger partial charge in [0.05, 0.1) is 24.9 Å². The van der Waals surface area contributed by atoms with E-state index in [9.17, 15) is 38.4 Å². The zero-order valence-electron chi connectivity index (χ0n) is 51.0. The van der Waals surface area contributed by atoms with Crippen molar-refractivity contribution < 1.29 is 54.3 Å². The molecule has 2 saturated carbocycles. The predicted molar refractivity (Wildman–Crippen MR) is 323 cm³/mol. The first kappa shape index (κ1) is 68.0. The lowest BCUT2D eigenvalue weighted by Gasteiger charge is -2.38. The number of nitrogens with one attached hydrogen (secondary N) is 3. The summed E-state index contributed by atoms with van der Waals surface area (Å²) in [6, 6.07) is 17.3. The van der Waals surface area contributed by atoms with E-state index in [1.807, 2.05) is 106 Å². The molecule has 2 aliphatic carbocycles. The number of hydrogen-bond acceptors (Lipinski definition) is 11. The molecule has 0 spiro atoms. The Bertz CT molecular complexity index is 2290. The number of amides is 7. The fourth-order valence-corrected chi connectivity index (χ4v) is 10.3. The summed E-state index contributed by atoms with van der Waals surface area (Å²) in [6.07, 6.45) is 6.28. The zero-order chi connectivity index (χ0) is 61.2. The van der Waals surface area contributed by atoms with Gasteiger partial charge in [-0.25, -0.2) is 9.59 Å². The molecule has 2 aliphatic heterocycles. The van der Waals surface area contributed by atoms with Gasteiger partial charge in [-0.3, -0.25) is 28.8 Å². The van der Waals surface area contributed by atoms with Crippen molar-refractivity contribution >= 4 is 70.3 Å². The minimum atomic E-state index is -0.982. The van der Waals surface area contributed by atoms with Crippen molar-refractivity contribution in [2.45, 2.75) is 157 Å². The largest absolute Gasteiger partial charge is 0.481 e. The van der Waals surface area contributed by atoms with Crippen LogP contribution in [0.2, 0.25) is 0 Å². The van der Waals surface area contributed by atoms with Gasteiger partial charge < -0.3 is 55.9 Å². The Balaban J connectivity index is 0.000000345. The van der Waals surface area contributed by atoms with Gasteiger partial charge in [0, 0.05) is 83.9 Å². The molecule has 19 nitrogen and oxygen atoms in total. The molecule has 0 radical (unpaired) electrons. The van der Waals surface area contributed by atoms with E-state index in [0.717, 1.165) is 69.0 Å². The zero-order valence-corrected chi connectivity index (χ0v) is 52.2. The highest BCUT2D eigenvalue weighted by Gasteiger charge is 2.34. The standard InChI is InChI=1S/C30H46N4O5.C16H29N3O2.C14H19NO4.CH3I/c1-21(2)27(36)33-15-17-34(18-16-33)28(37)24-13-11-22(12-14-24)20-31-26(35)19-25(23-9-7-6-8-10-23)32-29(38)39-30(3,4)5;1-12(2)15(20)18-7-9-19(10-8-18)16(21)14-5-3-13(11-17)4-6-14;1-14(2,3)19-13(18)15-11(9-12(16)17)10-7-5-4-6-8-10;1-2/h6-10,21-22,24-25H,11-20H2,1-5H3,(H,31,35)(H,32,38);12-14H,3-11,17H2,1-2H3;4-8,11H,9H2,1-3H3,(H,15,18)(H,16,17);1H3/i;;;1D. The van der Waals surface area contributed by atoms with E-state index < -0.39 is 41.4 Å². The molecule has 2 atom stereocenters. The second-order valence-electron chi connectivity index (χ2n) is 24.1. The summed E-state index contributed by atoms with van der Waals surface area (Å²) < 4.78 is 16.7. The lowest BCUT2D eigenvalue weighted by molar-refractivity contribution is -0.144. The molecule has 0 bridgehead atoms. The smallest absolute Gasteiger partial charge is 0.408 e. The van der Waals surface area contributed by atoms with Crippen molar-refractivity contribution in [2.24, 2.45) is 41.2 Å². The number of nitrogens with zero attached hydrogens (tertiary/aromatic N) is 4. The number of halogens is 1. The number of benzene rings is 2. The number of alkyl carbamates (subject to hydrolysis) is 2. The molecule has 6 rings (SSSR count). The number of piperazine rings is 2. The Morgan fingerprint density at radius 2 is 0.914 bits per heavy atom. The normalized spacial score (nSPS) is 20.2. The highest BCUT2D eigenvalue weighted by molar-refractivity contribution is 14.1. The molecular weight excluding hydrogens is 1150 g/mol. The molecule has 2 saturated heterocycles. The summed E-state index contributed by atoms with van der Waals surface area (Å²) in [5.41, 5.74) is 6.03. The van der Waals surface area contributed by atoms with Crippen molar-refractivity contribution in [3.05, 3.63) is 71.8 Å². The summed E-state index contributed by atoms with van der Waals surface area (Å²) in [5.74, 6) is 0.886. The fraction of sp³-hybridized carbons (Fsp3) is 0.672. The average molecular weight is 1250 g/mol. The summed E-state index contributed by atoms with van der Waals surface area (Å²) in [6.45, 7) is 24.8. The van der Waals surface area contributed by atoms with Crippen molar-refractivity contribution in [3.63, 3.8) is 0 Å². The van der Waals surface area contributed by atoms with Crippen LogP contribution in [0.5, 0.6) is 0 Å². The van der Waals surface area contributed by atoms with Gasteiger partial charge in [-0.15, -0.1) is 0 Å². The number of rotatable bonds is 15. The summed E-state index contributed by atoms with van der Waals surface area (Å²) in [5, 5.41) is 17.4.